The lowest BCUT2D eigenvalue weighted by Crippen LogP contribution is -2.67. The van der Waals surface area contributed by atoms with Gasteiger partial charge in [-0.15, -0.1) is 0 Å². The summed E-state index contributed by atoms with van der Waals surface area (Å²) in [5.74, 6) is 0.850. The van der Waals surface area contributed by atoms with Crippen molar-refractivity contribution in [3.63, 3.8) is 0 Å². The van der Waals surface area contributed by atoms with Crippen LogP contribution < -0.4 is 0 Å². The zero-order valence-corrected chi connectivity index (χ0v) is 22.3. The van der Waals surface area contributed by atoms with Gasteiger partial charge >= 0.3 is 6.09 Å². The monoisotopic (exact) mass is 505 g/mol. The highest BCUT2D eigenvalue weighted by Gasteiger charge is 2.76. The Balaban J connectivity index is 1.39. The summed E-state index contributed by atoms with van der Waals surface area (Å²) in [4.78, 5) is 29.1. The molecule has 6 nitrogen and oxygen atoms in total. The molecule has 3 spiro atoms. The fraction of sp³-hybridized carbons (Fsp3) is 0.677. The Morgan fingerprint density at radius 2 is 1.86 bits per heavy atom. The van der Waals surface area contributed by atoms with Crippen molar-refractivity contribution in [1.82, 2.24) is 4.90 Å². The lowest BCUT2D eigenvalue weighted by atomic mass is 9.32. The lowest BCUT2D eigenvalue weighted by Gasteiger charge is -2.71. The number of fused-ring (bicyclic) bond motifs is 2. The van der Waals surface area contributed by atoms with E-state index in [0.717, 1.165) is 57.1 Å². The summed E-state index contributed by atoms with van der Waals surface area (Å²) in [6.07, 6.45) is 15.1. The van der Waals surface area contributed by atoms with Crippen molar-refractivity contribution < 1.29 is 23.8 Å². The van der Waals surface area contributed by atoms with Gasteiger partial charge in [-0.2, -0.15) is 0 Å². The zero-order valence-electron chi connectivity index (χ0n) is 22.3. The van der Waals surface area contributed by atoms with Crippen molar-refractivity contribution in [3.05, 3.63) is 48.0 Å². The highest BCUT2D eigenvalue weighted by atomic mass is 16.6. The second-order valence-electron chi connectivity index (χ2n) is 13.4. The third-order valence-electron chi connectivity index (χ3n) is 12.2. The number of hydrogen-bond donors (Lipinski definition) is 1. The first-order chi connectivity index (χ1) is 17.6. The third-order valence-corrected chi connectivity index (χ3v) is 12.2. The van der Waals surface area contributed by atoms with Gasteiger partial charge in [-0.3, -0.25) is 4.79 Å². The second-order valence-corrected chi connectivity index (χ2v) is 13.4. The molecule has 0 radical (unpaired) electrons. The van der Waals surface area contributed by atoms with Gasteiger partial charge in [0.1, 0.15) is 5.60 Å². The number of furan rings is 1. The van der Waals surface area contributed by atoms with Crippen LogP contribution in [0.3, 0.4) is 0 Å². The summed E-state index contributed by atoms with van der Waals surface area (Å²) < 4.78 is 12.0. The van der Waals surface area contributed by atoms with Gasteiger partial charge in [0.25, 0.3) is 0 Å². The second kappa shape index (κ2) is 7.40. The topological polar surface area (TPSA) is 80.0 Å². The van der Waals surface area contributed by atoms with E-state index in [1.165, 1.54) is 0 Å². The molecule has 3 saturated carbocycles. The van der Waals surface area contributed by atoms with Crippen LogP contribution in [0.2, 0.25) is 0 Å². The fourth-order valence-corrected chi connectivity index (χ4v) is 10.4. The molecule has 1 saturated heterocycles. The van der Waals surface area contributed by atoms with Crippen molar-refractivity contribution >= 4 is 11.9 Å². The Labute approximate surface area is 219 Å². The number of ketones is 1. The molecule has 0 aromatic carbocycles. The van der Waals surface area contributed by atoms with Crippen LogP contribution in [0.1, 0.15) is 82.7 Å². The number of aliphatic hydroxyl groups is 1. The smallest absolute Gasteiger partial charge is 0.410 e. The largest absolute Gasteiger partial charge is 0.461 e. The number of allylic oxidation sites excluding steroid dienone is 4. The molecule has 198 valence electrons. The van der Waals surface area contributed by atoms with Gasteiger partial charge in [-0.1, -0.05) is 39.0 Å². The summed E-state index contributed by atoms with van der Waals surface area (Å²) in [5.41, 5.74) is -0.655. The minimum Gasteiger partial charge on any atom is -0.461 e. The Morgan fingerprint density at radius 1 is 1.11 bits per heavy atom. The van der Waals surface area contributed by atoms with Crippen LogP contribution >= 0.6 is 0 Å². The molecular weight excluding hydrogens is 466 g/mol. The first-order valence-electron chi connectivity index (χ1n) is 14.3. The van der Waals surface area contributed by atoms with Gasteiger partial charge in [0.05, 0.1) is 18.9 Å². The Morgan fingerprint density at radius 3 is 2.62 bits per heavy atom. The average molecular weight is 506 g/mol. The molecule has 8 atom stereocenters. The van der Waals surface area contributed by atoms with Gasteiger partial charge in [-0.05, 0) is 80.8 Å². The average Bonchev–Trinajstić information content (AvgIpc) is 3.58. The van der Waals surface area contributed by atoms with Crippen molar-refractivity contribution in [1.29, 1.82) is 0 Å². The van der Waals surface area contributed by atoms with Crippen LogP contribution in [0.15, 0.2) is 46.6 Å². The summed E-state index contributed by atoms with van der Waals surface area (Å²) in [7, 11) is 0. The summed E-state index contributed by atoms with van der Waals surface area (Å²) in [6, 6.07) is 3.55. The van der Waals surface area contributed by atoms with E-state index in [4.69, 9.17) is 9.15 Å². The standard InChI is InChI=1S/C31H39NO5/c1-4-15-32-19-30(37-26(32)35)12-9-24-28(30,3)11-8-23-27(2)10-7-20(33)17-29(27)13-14-31(23,24)21(18-29)25(34)22-6-5-16-36-22/h5-6,13-14,16,18,20,23-24,33H,4,7-12,15,17,19H2,1-3H3/t20-,23+,24+,27+,28-,29-,30+,31+/m0/s1. The molecule has 6 heteroatoms. The number of nitrogens with zero attached hydrogens (tertiary/aromatic N) is 1. The maximum Gasteiger partial charge on any atom is 0.410 e. The molecule has 2 bridgehead atoms. The quantitative estimate of drug-likeness (QED) is 0.406. The Kier molecular flexibility index (Phi) is 4.75. The number of aliphatic hydroxyl groups excluding tert-OH is 1. The number of amides is 1. The van der Waals surface area contributed by atoms with E-state index in [1.807, 2.05) is 4.90 Å². The molecule has 1 aromatic heterocycles. The van der Waals surface area contributed by atoms with Crippen LogP contribution in [-0.2, 0) is 4.74 Å². The molecule has 1 aromatic rings. The van der Waals surface area contributed by atoms with Crippen molar-refractivity contribution in [3.8, 4) is 0 Å². The van der Waals surface area contributed by atoms with Gasteiger partial charge in [-0.25, -0.2) is 4.79 Å². The molecule has 8 rings (SSSR count). The first kappa shape index (κ1) is 23.8. The van der Waals surface area contributed by atoms with Crippen LogP contribution in [0.25, 0.3) is 0 Å². The predicted molar refractivity (Wildman–Crippen MR) is 138 cm³/mol. The van der Waals surface area contributed by atoms with Gasteiger partial charge in [0.2, 0.25) is 5.78 Å². The third kappa shape index (κ3) is 2.66. The molecule has 0 unspecified atom stereocenters. The number of hydrogen-bond acceptors (Lipinski definition) is 5. The molecule has 1 N–H and O–H groups in total. The van der Waals surface area contributed by atoms with Crippen LogP contribution in [0.4, 0.5) is 4.79 Å². The van der Waals surface area contributed by atoms with Crippen LogP contribution in [0, 0.1) is 33.5 Å². The SMILES string of the molecule is CCCN1C[C@@]2(CC[C@H]3[C@]45C=C[C@@]6(C=C4C(=O)c4ccco4)C[C@@H](O)CC[C@]6(C)[C@H]5CC[C@@]32C)OC1=O. The minimum absolute atomic E-state index is 0.0222. The zero-order chi connectivity index (χ0) is 25.8. The molecule has 2 heterocycles. The number of carbonyl (C=O) groups excluding carboxylic acids is 2. The molecule has 1 amide bonds. The van der Waals surface area contributed by atoms with Crippen LogP contribution in [0.5, 0.6) is 0 Å². The van der Waals surface area contributed by atoms with E-state index in [0.29, 0.717) is 24.6 Å². The van der Waals surface area contributed by atoms with Crippen molar-refractivity contribution in [2.45, 2.75) is 83.8 Å². The van der Waals surface area contributed by atoms with E-state index >= 15 is 0 Å². The molecule has 6 aliphatic carbocycles. The highest BCUT2D eigenvalue weighted by molar-refractivity contribution is 6.08. The number of ether oxygens (including phenoxy) is 1. The predicted octanol–water partition coefficient (Wildman–Crippen LogP) is 5.92. The Hall–Kier alpha value is -2.34. The van der Waals surface area contributed by atoms with Gasteiger partial charge in [0.15, 0.2) is 5.76 Å². The highest BCUT2D eigenvalue weighted by Crippen LogP contribution is 2.79. The van der Waals surface area contributed by atoms with Gasteiger partial charge in [0, 0.05) is 28.4 Å². The van der Waals surface area contributed by atoms with Crippen molar-refractivity contribution in [2.24, 2.45) is 33.5 Å². The molecule has 1 aliphatic heterocycles. The minimum atomic E-state index is -0.508. The summed E-state index contributed by atoms with van der Waals surface area (Å²) >= 11 is 0. The molecule has 37 heavy (non-hydrogen) atoms. The van der Waals surface area contributed by atoms with Crippen LogP contribution in [-0.4, -0.2) is 46.7 Å². The van der Waals surface area contributed by atoms with Gasteiger partial charge < -0.3 is 19.2 Å². The summed E-state index contributed by atoms with van der Waals surface area (Å²) in [6.45, 7) is 8.22. The first-order valence-corrected chi connectivity index (χ1v) is 14.3. The fourth-order valence-electron chi connectivity index (χ4n) is 10.4. The maximum atomic E-state index is 14.2. The molecule has 7 aliphatic rings. The number of carbonyl (C=O) groups is 2. The number of rotatable bonds is 4. The van der Waals surface area contributed by atoms with Crippen molar-refractivity contribution in [2.75, 3.05) is 13.1 Å². The Bertz CT molecular complexity index is 1220. The summed E-state index contributed by atoms with van der Waals surface area (Å²) in [5, 5.41) is 10.8. The number of Topliss-reactive ketones (excluding diaryl/α,β-unsaturated/α-hetero) is 1. The lowest BCUT2D eigenvalue weighted by molar-refractivity contribution is -0.164. The maximum absolute atomic E-state index is 14.2. The van der Waals surface area contributed by atoms with E-state index < -0.39 is 11.0 Å². The molecule has 4 fully saturated rings. The van der Waals surface area contributed by atoms with E-state index in [1.54, 1.807) is 18.4 Å². The van der Waals surface area contributed by atoms with E-state index in [-0.39, 0.29) is 40.1 Å². The molecular formula is C31H39NO5. The van der Waals surface area contributed by atoms with E-state index in [2.05, 4.69) is 39.0 Å². The van der Waals surface area contributed by atoms with E-state index in [9.17, 15) is 14.7 Å². The normalized spacial score (nSPS) is 47.5.